The van der Waals surface area contributed by atoms with Gasteiger partial charge in [0, 0.05) is 19.8 Å². The molecule has 0 bridgehead atoms. The van der Waals surface area contributed by atoms with Crippen molar-refractivity contribution in [2.24, 2.45) is 5.92 Å². The van der Waals surface area contributed by atoms with E-state index in [1.54, 1.807) is 6.07 Å². The number of ether oxygens (including phenoxy) is 2. The summed E-state index contributed by atoms with van der Waals surface area (Å²) >= 11 is 0. The van der Waals surface area contributed by atoms with Gasteiger partial charge in [-0.1, -0.05) is 32.0 Å². The monoisotopic (exact) mass is 279 g/mol. The number of carbonyl (C=O) groups excluding carboxylic acids is 1. The van der Waals surface area contributed by atoms with Crippen molar-refractivity contribution < 1.29 is 14.3 Å². The minimum Gasteiger partial charge on any atom is -0.465 e. The molecule has 4 heteroatoms. The maximum Gasteiger partial charge on any atom is 0.338 e. The third kappa shape index (κ3) is 6.17. The average Bonchev–Trinajstić information content (AvgIpc) is 2.45. The van der Waals surface area contributed by atoms with Crippen molar-refractivity contribution in [2.45, 2.75) is 26.8 Å². The molecule has 0 saturated carbocycles. The Labute approximate surface area is 121 Å². The van der Waals surface area contributed by atoms with Crippen LogP contribution in [-0.4, -0.2) is 32.8 Å². The Bertz CT molecular complexity index is 404. The Kier molecular flexibility index (Phi) is 7.92. The summed E-state index contributed by atoms with van der Waals surface area (Å²) in [7, 11) is 1.40. The summed E-state index contributed by atoms with van der Waals surface area (Å²) in [5, 5.41) is 3.32. The van der Waals surface area contributed by atoms with Crippen molar-refractivity contribution in [3.63, 3.8) is 0 Å². The van der Waals surface area contributed by atoms with E-state index in [1.807, 2.05) is 18.2 Å². The molecule has 0 fully saturated rings. The number of methoxy groups -OCH3 is 1. The van der Waals surface area contributed by atoms with Gasteiger partial charge in [-0.15, -0.1) is 0 Å². The molecular formula is C16H25NO3. The largest absolute Gasteiger partial charge is 0.465 e. The first kappa shape index (κ1) is 16.7. The molecule has 1 aromatic rings. The van der Waals surface area contributed by atoms with Gasteiger partial charge in [0.15, 0.2) is 0 Å². The van der Waals surface area contributed by atoms with E-state index in [1.165, 1.54) is 7.11 Å². The van der Waals surface area contributed by atoms with Crippen LogP contribution in [-0.2, 0) is 16.0 Å². The molecule has 0 radical (unpaired) electrons. The molecule has 0 atom stereocenters. The summed E-state index contributed by atoms with van der Waals surface area (Å²) in [6.07, 6.45) is 0.965. The number of hydrogen-bond acceptors (Lipinski definition) is 4. The van der Waals surface area contributed by atoms with Gasteiger partial charge in [-0.3, -0.25) is 0 Å². The minimum absolute atomic E-state index is 0.289. The lowest BCUT2D eigenvalue weighted by Crippen LogP contribution is -2.19. The van der Waals surface area contributed by atoms with Crippen molar-refractivity contribution in [3.05, 3.63) is 35.4 Å². The molecule has 0 heterocycles. The van der Waals surface area contributed by atoms with Gasteiger partial charge < -0.3 is 14.8 Å². The molecule has 0 saturated heterocycles. The van der Waals surface area contributed by atoms with E-state index < -0.39 is 0 Å². The maximum atomic E-state index is 11.6. The second-order valence-corrected chi connectivity index (χ2v) is 5.15. The molecule has 0 spiro atoms. The number of carbonyl (C=O) groups is 1. The highest BCUT2D eigenvalue weighted by Crippen LogP contribution is 2.09. The second kappa shape index (κ2) is 9.50. The summed E-state index contributed by atoms with van der Waals surface area (Å²) in [6.45, 7) is 7.39. The van der Waals surface area contributed by atoms with Gasteiger partial charge in [-0.2, -0.15) is 0 Å². The highest BCUT2D eigenvalue weighted by Gasteiger charge is 2.09. The molecule has 0 aliphatic carbocycles. The predicted molar refractivity (Wildman–Crippen MR) is 79.8 cm³/mol. The molecule has 0 aromatic heterocycles. The molecular weight excluding hydrogens is 254 g/mol. The fraction of sp³-hybridized carbons (Fsp3) is 0.562. The average molecular weight is 279 g/mol. The van der Waals surface area contributed by atoms with Crippen molar-refractivity contribution in [3.8, 4) is 0 Å². The van der Waals surface area contributed by atoms with Crippen LogP contribution in [0.2, 0.25) is 0 Å². The first-order valence-electron chi connectivity index (χ1n) is 7.09. The quantitative estimate of drug-likeness (QED) is 0.557. The third-order valence-electron chi connectivity index (χ3n) is 2.83. The van der Waals surface area contributed by atoms with Crippen LogP contribution >= 0.6 is 0 Å². The van der Waals surface area contributed by atoms with E-state index in [0.29, 0.717) is 18.0 Å². The van der Waals surface area contributed by atoms with Gasteiger partial charge in [-0.25, -0.2) is 4.79 Å². The number of hydrogen-bond donors (Lipinski definition) is 1. The Hall–Kier alpha value is -1.39. The van der Waals surface area contributed by atoms with Crippen molar-refractivity contribution >= 4 is 5.97 Å². The van der Waals surface area contributed by atoms with Crippen LogP contribution in [0.15, 0.2) is 24.3 Å². The van der Waals surface area contributed by atoms with Gasteiger partial charge in [0.1, 0.15) is 0 Å². The maximum absolute atomic E-state index is 11.6. The van der Waals surface area contributed by atoms with Crippen LogP contribution in [0.25, 0.3) is 0 Å². The molecule has 0 amide bonds. The zero-order valence-electron chi connectivity index (χ0n) is 12.6. The van der Waals surface area contributed by atoms with Crippen LogP contribution in [0, 0.1) is 5.92 Å². The molecule has 1 rings (SSSR count). The van der Waals surface area contributed by atoms with Crippen LogP contribution in [0.4, 0.5) is 0 Å². The van der Waals surface area contributed by atoms with Crippen LogP contribution in [0.3, 0.4) is 0 Å². The Morgan fingerprint density at radius 3 is 2.75 bits per heavy atom. The lowest BCUT2D eigenvalue weighted by Gasteiger charge is -2.10. The van der Waals surface area contributed by atoms with Gasteiger partial charge in [-0.05, 0) is 30.5 Å². The highest BCUT2D eigenvalue weighted by atomic mass is 16.5. The lowest BCUT2D eigenvalue weighted by atomic mass is 10.1. The third-order valence-corrected chi connectivity index (χ3v) is 2.83. The van der Waals surface area contributed by atoms with Crippen LogP contribution in [0.5, 0.6) is 0 Å². The zero-order chi connectivity index (χ0) is 14.8. The van der Waals surface area contributed by atoms with Crippen molar-refractivity contribution in [1.82, 2.24) is 5.32 Å². The van der Waals surface area contributed by atoms with Crippen LogP contribution < -0.4 is 5.32 Å². The molecule has 0 aliphatic heterocycles. The number of nitrogens with one attached hydrogen (secondary N) is 1. The highest BCUT2D eigenvalue weighted by molar-refractivity contribution is 5.90. The predicted octanol–water partition coefficient (Wildman–Crippen LogP) is 2.63. The van der Waals surface area contributed by atoms with Crippen LogP contribution in [0.1, 0.15) is 36.2 Å². The summed E-state index contributed by atoms with van der Waals surface area (Å²) in [6, 6.07) is 7.49. The van der Waals surface area contributed by atoms with Crippen molar-refractivity contribution in [1.29, 1.82) is 0 Å². The summed E-state index contributed by atoms with van der Waals surface area (Å²) in [4.78, 5) is 11.6. The molecule has 1 N–H and O–H groups in total. The SMILES string of the molecule is COC(=O)c1ccccc1CNCCCOCC(C)C. The first-order chi connectivity index (χ1) is 9.65. The summed E-state index contributed by atoms with van der Waals surface area (Å²) in [5.74, 6) is 0.289. The van der Waals surface area contributed by atoms with Gasteiger partial charge in [0.05, 0.1) is 12.7 Å². The normalized spacial score (nSPS) is 10.8. The Morgan fingerprint density at radius 1 is 1.30 bits per heavy atom. The number of benzene rings is 1. The van der Waals surface area contributed by atoms with E-state index in [2.05, 4.69) is 19.2 Å². The lowest BCUT2D eigenvalue weighted by molar-refractivity contribution is 0.0599. The summed E-state index contributed by atoms with van der Waals surface area (Å²) < 4.78 is 10.3. The van der Waals surface area contributed by atoms with E-state index in [9.17, 15) is 4.79 Å². The molecule has 4 nitrogen and oxygen atoms in total. The smallest absolute Gasteiger partial charge is 0.338 e. The number of esters is 1. The molecule has 112 valence electrons. The molecule has 1 aromatic carbocycles. The molecule has 0 unspecified atom stereocenters. The van der Waals surface area contributed by atoms with Crippen molar-refractivity contribution in [2.75, 3.05) is 26.9 Å². The topological polar surface area (TPSA) is 47.6 Å². The number of rotatable bonds is 9. The standard InChI is InChI=1S/C16H25NO3/c1-13(2)12-20-10-6-9-17-11-14-7-4-5-8-15(14)16(18)19-3/h4-5,7-8,13,17H,6,9-12H2,1-3H3. The Balaban J connectivity index is 2.27. The fourth-order valence-electron chi connectivity index (χ4n) is 1.82. The van der Waals surface area contributed by atoms with Gasteiger partial charge in [0.2, 0.25) is 0 Å². The Morgan fingerprint density at radius 2 is 2.05 bits per heavy atom. The molecule has 0 aliphatic rings. The molecule has 20 heavy (non-hydrogen) atoms. The first-order valence-corrected chi connectivity index (χ1v) is 7.09. The zero-order valence-corrected chi connectivity index (χ0v) is 12.6. The van der Waals surface area contributed by atoms with Gasteiger partial charge >= 0.3 is 5.97 Å². The van der Waals surface area contributed by atoms with E-state index >= 15 is 0 Å². The van der Waals surface area contributed by atoms with Gasteiger partial charge in [0.25, 0.3) is 0 Å². The minimum atomic E-state index is -0.289. The fourth-order valence-corrected chi connectivity index (χ4v) is 1.82. The van der Waals surface area contributed by atoms with E-state index in [4.69, 9.17) is 9.47 Å². The second-order valence-electron chi connectivity index (χ2n) is 5.15. The summed E-state index contributed by atoms with van der Waals surface area (Å²) in [5.41, 5.74) is 1.58. The van der Waals surface area contributed by atoms with E-state index in [-0.39, 0.29) is 5.97 Å². The van der Waals surface area contributed by atoms with E-state index in [0.717, 1.165) is 31.7 Å².